The van der Waals surface area contributed by atoms with Gasteiger partial charge in [-0.05, 0) is 42.3 Å². The minimum absolute atomic E-state index is 0.124. The molecule has 124 valence electrons. The van der Waals surface area contributed by atoms with Crippen LogP contribution in [0.1, 0.15) is 11.1 Å². The van der Waals surface area contributed by atoms with Crippen molar-refractivity contribution >= 4 is 43.1 Å². The first-order valence-electron chi connectivity index (χ1n) is 7.32. The van der Waals surface area contributed by atoms with Gasteiger partial charge in [0.1, 0.15) is 0 Å². The molecule has 0 aliphatic rings. The van der Waals surface area contributed by atoms with E-state index in [2.05, 4.69) is 32.0 Å². The molecule has 0 aliphatic carbocycles. The number of nitrogens with two attached hydrogens (primary N) is 1. The van der Waals surface area contributed by atoms with Gasteiger partial charge in [-0.15, -0.1) is 0 Å². The van der Waals surface area contributed by atoms with E-state index < -0.39 is 10.0 Å². The van der Waals surface area contributed by atoms with Gasteiger partial charge >= 0.3 is 0 Å². The summed E-state index contributed by atoms with van der Waals surface area (Å²) in [5.41, 5.74) is 3.12. The standard InChI is InChI=1S/C17H16BrN3O2S/c18-14-3-6-17-16(9-14)13(11-21-17)10-20-8-7-12-1-4-15(5-2-12)24(19,22)23/h1-6,9-11,21H,7-8H2,(H2,19,22,23). The zero-order valence-electron chi connectivity index (χ0n) is 12.7. The highest BCUT2D eigenvalue weighted by atomic mass is 79.9. The molecule has 7 heteroatoms. The Morgan fingerprint density at radius 2 is 1.92 bits per heavy atom. The van der Waals surface area contributed by atoms with Crippen LogP contribution in [0.5, 0.6) is 0 Å². The Labute approximate surface area is 148 Å². The van der Waals surface area contributed by atoms with Crippen molar-refractivity contribution in [2.45, 2.75) is 11.3 Å². The Morgan fingerprint density at radius 1 is 1.17 bits per heavy atom. The second-order valence-corrected chi connectivity index (χ2v) is 7.89. The predicted molar refractivity (Wildman–Crippen MR) is 100.0 cm³/mol. The fraction of sp³-hybridized carbons (Fsp3) is 0.118. The SMILES string of the molecule is NS(=O)(=O)c1ccc(CCN=Cc2c[nH]c3ccc(Br)cc23)cc1. The van der Waals surface area contributed by atoms with Crippen LogP contribution in [0.25, 0.3) is 10.9 Å². The molecule has 0 amide bonds. The Balaban J connectivity index is 1.65. The first kappa shape index (κ1) is 16.9. The number of nitrogens with zero attached hydrogens (tertiary/aromatic N) is 1. The van der Waals surface area contributed by atoms with E-state index in [4.69, 9.17) is 5.14 Å². The van der Waals surface area contributed by atoms with E-state index >= 15 is 0 Å². The van der Waals surface area contributed by atoms with Gasteiger partial charge in [0.2, 0.25) is 10.0 Å². The molecule has 3 rings (SSSR count). The van der Waals surface area contributed by atoms with E-state index in [1.54, 1.807) is 12.1 Å². The van der Waals surface area contributed by atoms with E-state index in [-0.39, 0.29) is 4.90 Å². The van der Waals surface area contributed by atoms with E-state index in [9.17, 15) is 8.42 Å². The lowest BCUT2D eigenvalue weighted by atomic mass is 10.1. The molecule has 0 fully saturated rings. The normalized spacial score (nSPS) is 12.2. The number of H-pyrrole nitrogens is 1. The van der Waals surface area contributed by atoms with Crippen LogP contribution in [0.2, 0.25) is 0 Å². The van der Waals surface area contributed by atoms with Crippen molar-refractivity contribution in [3.05, 3.63) is 64.3 Å². The van der Waals surface area contributed by atoms with Crippen molar-refractivity contribution in [1.82, 2.24) is 4.98 Å². The van der Waals surface area contributed by atoms with Crippen molar-refractivity contribution in [2.75, 3.05) is 6.54 Å². The number of rotatable bonds is 5. The molecule has 0 aliphatic heterocycles. The number of benzene rings is 2. The zero-order chi connectivity index (χ0) is 17.2. The largest absolute Gasteiger partial charge is 0.361 e. The topological polar surface area (TPSA) is 88.3 Å². The Kier molecular flexibility index (Phi) is 4.84. The van der Waals surface area contributed by atoms with Gasteiger partial charge in [-0.2, -0.15) is 0 Å². The zero-order valence-corrected chi connectivity index (χ0v) is 15.1. The Bertz CT molecular complexity index is 992. The van der Waals surface area contributed by atoms with Crippen LogP contribution >= 0.6 is 15.9 Å². The van der Waals surface area contributed by atoms with E-state index in [0.717, 1.165) is 32.9 Å². The van der Waals surface area contributed by atoms with Gasteiger partial charge in [0.15, 0.2) is 0 Å². The van der Waals surface area contributed by atoms with Crippen LogP contribution in [0.4, 0.5) is 0 Å². The number of sulfonamides is 1. The molecule has 0 atom stereocenters. The third kappa shape index (κ3) is 3.92. The second kappa shape index (κ2) is 6.88. The lowest BCUT2D eigenvalue weighted by Crippen LogP contribution is -2.11. The second-order valence-electron chi connectivity index (χ2n) is 5.41. The fourth-order valence-electron chi connectivity index (χ4n) is 2.42. The van der Waals surface area contributed by atoms with Crippen LogP contribution < -0.4 is 5.14 Å². The summed E-state index contributed by atoms with van der Waals surface area (Å²) in [6.45, 7) is 0.620. The molecular weight excluding hydrogens is 390 g/mol. The fourth-order valence-corrected chi connectivity index (χ4v) is 3.30. The van der Waals surface area contributed by atoms with Crippen LogP contribution in [-0.2, 0) is 16.4 Å². The molecule has 2 aromatic carbocycles. The average Bonchev–Trinajstić information content (AvgIpc) is 2.93. The smallest absolute Gasteiger partial charge is 0.238 e. The van der Waals surface area contributed by atoms with Crippen molar-refractivity contribution < 1.29 is 8.42 Å². The number of fused-ring (bicyclic) bond motifs is 1. The highest BCUT2D eigenvalue weighted by Gasteiger charge is 2.06. The number of aromatic amines is 1. The molecule has 5 nitrogen and oxygen atoms in total. The van der Waals surface area contributed by atoms with Gasteiger partial charge in [-0.25, -0.2) is 13.6 Å². The maximum atomic E-state index is 11.2. The molecule has 1 heterocycles. The minimum atomic E-state index is -3.64. The molecule has 0 bridgehead atoms. The molecule has 0 spiro atoms. The van der Waals surface area contributed by atoms with Crippen LogP contribution in [0.3, 0.4) is 0 Å². The summed E-state index contributed by atoms with van der Waals surface area (Å²) < 4.78 is 23.5. The minimum Gasteiger partial charge on any atom is -0.361 e. The van der Waals surface area contributed by atoms with Crippen molar-refractivity contribution in [3.63, 3.8) is 0 Å². The van der Waals surface area contributed by atoms with Crippen molar-refractivity contribution in [3.8, 4) is 0 Å². The summed E-state index contributed by atoms with van der Waals surface area (Å²) in [5.74, 6) is 0. The van der Waals surface area contributed by atoms with E-state index in [0.29, 0.717) is 6.54 Å². The summed E-state index contributed by atoms with van der Waals surface area (Å²) >= 11 is 3.47. The summed E-state index contributed by atoms with van der Waals surface area (Å²) in [7, 11) is -3.64. The Morgan fingerprint density at radius 3 is 2.62 bits per heavy atom. The van der Waals surface area contributed by atoms with Crippen LogP contribution in [0, 0.1) is 0 Å². The van der Waals surface area contributed by atoms with Crippen molar-refractivity contribution in [1.29, 1.82) is 0 Å². The summed E-state index contributed by atoms with van der Waals surface area (Å²) in [5, 5.41) is 6.20. The maximum Gasteiger partial charge on any atom is 0.238 e. The molecule has 0 unspecified atom stereocenters. The van der Waals surface area contributed by atoms with E-state index in [1.807, 2.05) is 24.5 Å². The first-order valence-corrected chi connectivity index (χ1v) is 9.65. The monoisotopic (exact) mass is 405 g/mol. The number of hydrogen-bond donors (Lipinski definition) is 2. The third-order valence-corrected chi connectivity index (χ3v) is 5.11. The molecule has 0 saturated heterocycles. The van der Waals surface area contributed by atoms with Gasteiger partial charge < -0.3 is 4.98 Å². The molecule has 0 saturated carbocycles. The van der Waals surface area contributed by atoms with Crippen LogP contribution in [-0.4, -0.2) is 26.2 Å². The third-order valence-electron chi connectivity index (χ3n) is 3.69. The molecule has 0 radical (unpaired) electrons. The van der Waals surface area contributed by atoms with Crippen molar-refractivity contribution in [2.24, 2.45) is 10.1 Å². The number of aromatic nitrogens is 1. The van der Waals surface area contributed by atoms with E-state index in [1.165, 1.54) is 12.1 Å². The van der Waals surface area contributed by atoms with Gasteiger partial charge in [-0.3, -0.25) is 4.99 Å². The molecule has 1 aromatic heterocycles. The van der Waals surface area contributed by atoms with Gasteiger partial charge in [0.25, 0.3) is 0 Å². The first-order chi connectivity index (χ1) is 11.4. The summed E-state index contributed by atoms with van der Waals surface area (Å²) in [6, 6.07) is 12.6. The summed E-state index contributed by atoms with van der Waals surface area (Å²) in [4.78, 5) is 7.79. The lowest BCUT2D eigenvalue weighted by molar-refractivity contribution is 0.598. The Hall–Kier alpha value is -1.96. The number of hydrogen-bond acceptors (Lipinski definition) is 3. The van der Waals surface area contributed by atoms with Gasteiger partial charge in [-0.1, -0.05) is 28.1 Å². The number of aliphatic imine (C=N–C) groups is 1. The molecule has 3 aromatic rings. The molecule has 3 N–H and O–H groups in total. The predicted octanol–water partition coefficient (Wildman–Crippen LogP) is 3.24. The van der Waals surface area contributed by atoms with Gasteiger partial charge in [0, 0.05) is 39.9 Å². The molecular formula is C17H16BrN3O2S. The quantitative estimate of drug-likeness (QED) is 0.638. The number of halogens is 1. The summed E-state index contributed by atoms with van der Waals surface area (Å²) in [6.07, 6.45) is 4.51. The lowest BCUT2D eigenvalue weighted by Gasteiger charge is -2.01. The number of nitrogens with one attached hydrogen (secondary N) is 1. The average molecular weight is 406 g/mol. The maximum absolute atomic E-state index is 11.2. The van der Waals surface area contributed by atoms with Crippen LogP contribution in [0.15, 0.2) is 63.0 Å². The highest BCUT2D eigenvalue weighted by molar-refractivity contribution is 9.10. The molecule has 24 heavy (non-hydrogen) atoms. The highest BCUT2D eigenvalue weighted by Crippen LogP contribution is 2.21. The van der Waals surface area contributed by atoms with Gasteiger partial charge in [0.05, 0.1) is 4.90 Å². The number of primary sulfonamides is 1.